The van der Waals surface area contributed by atoms with Crippen molar-refractivity contribution in [2.45, 2.75) is 38.6 Å². The van der Waals surface area contributed by atoms with Crippen molar-refractivity contribution >= 4 is 11.9 Å². The van der Waals surface area contributed by atoms with E-state index in [1.165, 1.54) is 26.2 Å². The van der Waals surface area contributed by atoms with E-state index in [4.69, 9.17) is 0 Å². The average Bonchev–Trinajstić information content (AvgIpc) is 2.22. The van der Waals surface area contributed by atoms with E-state index in [0.29, 0.717) is 13.0 Å². The Kier molecular flexibility index (Phi) is 4.22. The van der Waals surface area contributed by atoms with Crippen LogP contribution in [0, 0.1) is 11.8 Å². The monoisotopic (exact) mass is 254 g/mol. The van der Waals surface area contributed by atoms with Gasteiger partial charge in [-0.05, 0) is 25.2 Å². The van der Waals surface area contributed by atoms with Crippen molar-refractivity contribution in [2.75, 3.05) is 19.6 Å². The number of aliphatic carboxylic acids is 1. The van der Waals surface area contributed by atoms with Crippen molar-refractivity contribution in [2.24, 2.45) is 11.8 Å². The molecule has 2 fully saturated rings. The molecule has 0 aromatic rings. The Bertz CT molecular complexity index is 328. The van der Waals surface area contributed by atoms with E-state index in [0.717, 1.165) is 19.0 Å². The van der Waals surface area contributed by atoms with Crippen LogP contribution in [-0.2, 0) is 9.59 Å². The zero-order valence-electron chi connectivity index (χ0n) is 10.9. The van der Waals surface area contributed by atoms with Gasteiger partial charge in [0.1, 0.15) is 0 Å². The van der Waals surface area contributed by atoms with Gasteiger partial charge in [0.15, 0.2) is 0 Å². The summed E-state index contributed by atoms with van der Waals surface area (Å²) in [5, 5.41) is 12.0. The summed E-state index contributed by atoms with van der Waals surface area (Å²) in [4.78, 5) is 24.5. The summed E-state index contributed by atoms with van der Waals surface area (Å²) in [5.41, 5.74) is 0. The van der Waals surface area contributed by atoms with Crippen LogP contribution in [0.15, 0.2) is 0 Å². The first-order valence-corrected chi connectivity index (χ1v) is 6.77. The van der Waals surface area contributed by atoms with Crippen LogP contribution in [0.4, 0.5) is 0 Å². The summed E-state index contributed by atoms with van der Waals surface area (Å²) < 4.78 is 0. The van der Waals surface area contributed by atoms with Crippen LogP contribution in [0.2, 0.25) is 0 Å². The first kappa shape index (κ1) is 13.3. The van der Waals surface area contributed by atoms with Crippen LogP contribution < -0.4 is 5.32 Å². The highest BCUT2D eigenvalue weighted by Crippen LogP contribution is 2.28. The maximum absolute atomic E-state index is 11.2. The third kappa shape index (κ3) is 3.45. The molecule has 2 aliphatic rings. The van der Waals surface area contributed by atoms with Gasteiger partial charge in [-0.3, -0.25) is 9.59 Å². The van der Waals surface area contributed by atoms with E-state index in [1.807, 2.05) is 0 Å². The molecule has 1 saturated carbocycles. The number of rotatable bonds is 4. The van der Waals surface area contributed by atoms with Crippen LogP contribution in [0.1, 0.15) is 32.6 Å². The fourth-order valence-electron chi connectivity index (χ4n) is 2.95. The molecule has 2 unspecified atom stereocenters. The highest BCUT2D eigenvalue weighted by atomic mass is 16.4. The molecular weight excluding hydrogens is 232 g/mol. The lowest BCUT2D eigenvalue weighted by molar-refractivity contribution is -0.144. The highest BCUT2D eigenvalue weighted by Gasteiger charge is 2.33. The normalized spacial score (nSPS) is 29.6. The summed E-state index contributed by atoms with van der Waals surface area (Å²) in [6, 6.07) is -0.0163. The number of piperidine rings is 1. The zero-order chi connectivity index (χ0) is 13.1. The molecule has 2 atom stereocenters. The van der Waals surface area contributed by atoms with Crippen molar-refractivity contribution < 1.29 is 14.7 Å². The highest BCUT2D eigenvalue weighted by molar-refractivity contribution is 5.74. The second kappa shape index (κ2) is 5.69. The van der Waals surface area contributed by atoms with Gasteiger partial charge in [0.25, 0.3) is 0 Å². The molecule has 0 radical (unpaired) electrons. The number of hydrogen-bond donors (Lipinski definition) is 2. The van der Waals surface area contributed by atoms with Crippen molar-refractivity contribution in [3.63, 3.8) is 0 Å². The standard InChI is InChI=1S/C13H22N2O3/c1-9(16)14-12-5-11(13(17)18)7-15(8-12)6-10-3-2-4-10/h10-12H,2-8H2,1H3,(H,14,16)(H,17,18). The van der Waals surface area contributed by atoms with Crippen molar-refractivity contribution in [3.8, 4) is 0 Å². The molecule has 18 heavy (non-hydrogen) atoms. The van der Waals surface area contributed by atoms with Crippen molar-refractivity contribution in [1.82, 2.24) is 10.2 Å². The van der Waals surface area contributed by atoms with Crippen LogP contribution in [0.5, 0.6) is 0 Å². The largest absolute Gasteiger partial charge is 0.481 e. The number of amides is 1. The maximum Gasteiger partial charge on any atom is 0.307 e. The summed E-state index contributed by atoms with van der Waals surface area (Å²) in [6.45, 7) is 3.89. The molecule has 102 valence electrons. The van der Waals surface area contributed by atoms with Gasteiger partial charge >= 0.3 is 5.97 Å². The SMILES string of the molecule is CC(=O)NC1CC(C(=O)O)CN(CC2CCC2)C1. The molecular formula is C13H22N2O3. The first-order chi connectivity index (χ1) is 8.54. The molecule has 5 nitrogen and oxygen atoms in total. The number of nitrogens with zero attached hydrogens (tertiary/aromatic N) is 1. The smallest absolute Gasteiger partial charge is 0.307 e. The van der Waals surface area contributed by atoms with E-state index in [-0.39, 0.29) is 17.9 Å². The Balaban J connectivity index is 1.91. The molecule has 2 rings (SSSR count). The van der Waals surface area contributed by atoms with Gasteiger partial charge in [0.2, 0.25) is 5.91 Å². The van der Waals surface area contributed by atoms with Gasteiger partial charge in [-0.1, -0.05) is 6.42 Å². The van der Waals surface area contributed by atoms with E-state index in [2.05, 4.69) is 10.2 Å². The number of hydrogen-bond acceptors (Lipinski definition) is 3. The third-order valence-corrected chi connectivity index (χ3v) is 4.02. The lowest BCUT2D eigenvalue weighted by Crippen LogP contribution is -2.53. The second-order valence-corrected chi connectivity index (χ2v) is 5.68. The van der Waals surface area contributed by atoms with Crippen molar-refractivity contribution in [1.29, 1.82) is 0 Å². The molecule has 1 saturated heterocycles. The van der Waals surface area contributed by atoms with E-state index in [9.17, 15) is 14.7 Å². The molecule has 0 spiro atoms. The Hall–Kier alpha value is -1.10. The molecule has 0 aromatic carbocycles. The van der Waals surface area contributed by atoms with Crippen molar-refractivity contribution in [3.05, 3.63) is 0 Å². The summed E-state index contributed by atoms with van der Waals surface area (Å²) in [5.74, 6) is -0.440. The Morgan fingerprint density at radius 1 is 1.33 bits per heavy atom. The lowest BCUT2D eigenvalue weighted by Gasteiger charge is -2.39. The predicted octanol–water partition coefficient (Wildman–Crippen LogP) is 0.698. The molecule has 1 aliphatic heterocycles. The molecule has 2 N–H and O–H groups in total. The van der Waals surface area contributed by atoms with Crippen LogP contribution in [-0.4, -0.2) is 47.6 Å². The lowest BCUT2D eigenvalue weighted by atomic mass is 9.84. The number of carboxylic acid groups (broad SMARTS) is 1. The molecule has 1 aliphatic carbocycles. The first-order valence-electron chi connectivity index (χ1n) is 6.77. The van der Waals surface area contributed by atoms with E-state index >= 15 is 0 Å². The number of nitrogens with one attached hydrogen (secondary N) is 1. The minimum atomic E-state index is -0.747. The van der Waals surface area contributed by atoms with E-state index < -0.39 is 5.97 Å². The van der Waals surface area contributed by atoms with E-state index in [1.54, 1.807) is 0 Å². The Morgan fingerprint density at radius 3 is 2.56 bits per heavy atom. The fraction of sp³-hybridized carbons (Fsp3) is 0.846. The molecule has 0 bridgehead atoms. The van der Waals surface area contributed by atoms with Gasteiger partial charge in [-0.15, -0.1) is 0 Å². The number of likely N-dealkylation sites (tertiary alicyclic amines) is 1. The van der Waals surface area contributed by atoms with Gasteiger partial charge in [0, 0.05) is 32.6 Å². The second-order valence-electron chi connectivity index (χ2n) is 5.68. The summed E-state index contributed by atoms with van der Waals surface area (Å²) >= 11 is 0. The molecule has 1 heterocycles. The fourth-order valence-corrected chi connectivity index (χ4v) is 2.95. The minimum Gasteiger partial charge on any atom is -0.481 e. The van der Waals surface area contributed by atoms with Crippen LogP contribution in [0.25, 0.3) is 0 Å². The van der Waals surface area contributed by atoms with Crippen LogP contribution >= 0.6 is 0 Å². The Morgan fingerprint density at radius 2 is 2.06 bits per heavy atom. The minimum absolute atomic E-state index is 0.0163. The Labute approximate surface area is 108 Å². The number of carbonyl (C=O) groups excluding carboxylic acids is 1. The number of carboxylic acids is 1. The zero-order valence-corrected chi connectivity index (χ0v) is 10.9. The molecule has 1 amide bonds. The molecule has 0 aromatic heterocycles. The van der Waals surface area contributed by atoms with Gasteiger partial charge in [-0.25, -0.2) is 0 Å². The topological polar surface area (TPSA) is 69.6 Å². The summed E-state index contributed by atoms with van der Waals surface area (Å²) in [7, 11) is 0. The van der Waals surface area contributed by atoms with Gasteiger partial charge in [-0.2, -0.15) is 0 Å². The quantitative estimate of drug-likeness (QED) is 0.774. The maximum atomic E-state index is 11.2. The molecule has 5 heteroatoms. The van der Waals surface area contributed by atoms with Crippen LogP contribution in [0.3, 0.4) is 0 Å². The summed E-state index contributed by atoms with van der Waals surface area (Å²) in [6.07, 6.45) is 4.38. The average molecular weight is 254 g/mol. The number of carbonyl (C=O) groups is 2. The third-order valence-electron chi connectivity index (χ3n) is 4.02. The van der Waals surface area contributed by atoms with Gasteiger partial charge < -0.3 is 15.3 Å². The van der Waals surface area contributed by atoms with Gasteiger partial charge in [0.05, 0.1) is 5.92 Å². The predicted molar refractivity (Wildman–Crippen MR) is 67.1 cm³/mol.